The molecule has 1 saturated heterocycles. The topological polar surface area (TPSA) is 58.6 Å². The van der Waals surface area contributed by atoms with Gasteiger partial charge in [0.1, 0.15) is 0 Å². The molecule has 1 fully saturated rings. The summed E-state index contributed by atoms with van der Waals surface area (Å²) >= 11 is 0.464. The second-order valence-electron chi connectivity index (χ2n) is 6.15. The molecule has 1 aliphatic heterocycles. The van der Waals surface area contributed by atoms with Crippen LogP contribution in [0.3, 0.4) is 0 Å². The van der Waals surface area contributed by atoms with Crippen LogP contribution in [0.15, 0.2) is 29.2 Å². The van der Waals surface area contributed by atoms with E-state index in [1.165, 1.54) is 0 Å². The number of esters is 1. The number of carbonyl (C=O) groups excluding carboxylic acids is 2. The molecule has 0 aliphatic carbocycles. The van der Waals surface area contributed by atoms with E-state index in [1.807, 2.05) is 4.90 Å². The van der Waals surface area contributed by atoms with Gasteiger partial charge in [0.05, 0.1) is 18.6 Å². The predicted octanol–water partition coefficient (Wildman–Crippen LogP) is 3.60. The van der Waals surface area contributed by atoms with Gasteiger partial charge < -0.3 is 10.1 Å². The van der Waals surface area contributed by atoms with Gasteiger partial charge in [0.15, 0.2) is 0 Å². The molecule has 144 valence electrons. The highest BCUT2D eigenvalue weighted by atomic mass is 32.2. The Morgan fingerprint density at radius 2 is 2.04 bits per heavy atom. The van der Waals surface area contributed by atoms with Crippen molar-refractivity contribution in [3.63, 3.8) is 0 Å². The number of anilines is 1. The molecule has 0 aromatic heterocycles. The monoisotopic (exact) mass is 386 g/mol. The fraction of sp³-hybridized carbons (Fsp3) is 0.556. The first-order valence-corrected chi connectivity index (χ1v) is 9.55. The van der Waals surface area contributed by atoms with Gasteiger partial charge >= 0.3 is 5.97 Å². The first-order valence-electron chi connectivity index (χ1n) is 8.67. The number of ether oxygens (including phenoxy) is 1. The van der Waals surface area contributed by atoms with Crippen molar-refractivity contribution >= 4 is 29.3 Å². The predicted molar refractivity (Wildman–Crippen MR) is 97.3 cm³/mol. The van der Waals surface area contributed by atoms with Gasteiger partial charge in [-0.25, -0.2) is 0 Å². The van der Waals surface area contributed by atoms with Gasteiger partial charge in [-0.1, -0.05) is 11.8 Å². The van der Waals surface area contributed by atoms with Crippen LogP contribution in [0.4, 0.5) is 14.5 Å². The summed E-state index contributed by atoms with van der Waals surface area (Å²) in [7, 11) is 0. The SMILES string of the molecule is CCOC(=O)[C@@H]1CCCN([C@H](C)C(=O)Nc2ccc(SC(F)F)cc2)C1. The van der Waals surface area contributed by atoms with Gasteiger partial charge in [0, 0.05) is 17.1 Å². The highest BCUT2D eigenvalue weighted by Crippen LogP contribution is 2.26. The van der Waals surface area contributed by atoms with Crippen molar-refractivity contribution < 1.29 is 23.1 Å². The van der Waals surface area contributed by atoms with Crippen LogP contribution in [0.2, 0.25) is 0 Å². The summed E-state index contributed by atoms with van der Waals surface area (Å²) in [5.74, 6) is -3.08. The highest BCUT2D eigenvalue weighted by Gasteiger charge is 2.31. The molecule has 1 N–H and O–H groups in total. The zero-order valence-corrected chi connectivity index (χ0v) is 15.7. The Morgan fingerprint density at radius 1 is 1.35 bits per heavy atom. The molecule has 5 nitrogen and oxygen atoms in total. The maximum atomic E-state index is 12.5. The molecule has 2 rings (SSSR count). The molecule has 1 aromatic rings. The van der Waals surface area contributed by atoms with E-state index in [9.17, 15) is 18.4 Å². The summed E-state index contributed by atoms with van der Waals surface area (Å²) in [5, 5.41) is 2.80. The molecular weight excluding hydrogens is 362 g/mol. The Kier molecular flexibility index (Phi) is 7.84. The zero-order chi connectivity index (χ0) is 19.1. The maximum Gasteiger partial charge on any atom is 0.310 e. The number of hydrogen-bond donors (Lipinski definition) is 1. The Bertz CT molecular complexity index is 613. The summed E-state index contributed by atoms with van der Waals surface area (Å²) in [6.45, 7) is 5.17. The number of halogens is 2. The number of piperidine rings is 1. The number of carbonyl (C=O) groups is 2. The molecule has 2 atom stereocenters. The van der Waals surface area contributed by atoms with Crippen LogP contribution in [0.1, 0.15) is 26.7 Å². The first-order chi connectivity index (χ1) is 12.4. The minimum atomic E-state index is -2.47. The van der Waals surface area contributed by atoms with Crippen LogP contribution >= 0.6 is 11.8 Å². The molecule has 8 heteroatoms. The molecule has 1 aliphatic rings. The summed E-state index contributed by atoms with van der Waals surface area (Å²) in [6.07, 6.45) is 1.60. The smallest absolute Gasteiger partial charge is 0.310 e. The fourth-order valence-electron chi connectivity index (χ4n) is 2.94. The number of likely N-dealkylation sites (tertiary alicyclic amines) is 1. The molecular formula is C18H24F2N2O3S. The molecule has 1 amide bonds. The molecule has 0 radical (unpaired) electrons. The lowest BCUT2D eigenvalue weighted by molar-refractivity contribution is -0.150. The Balaban J connectivity index is 1.91. The van der Waals surface area contributed by atoms with Crippen LogP contribution in [-0.2, 0) is 14.3 Å². The fourth-order valence-corrected chi connectivity index (χ4v) is 3.44. The highest BCUT2D eigenvalue weighted by molar-refractivity contribution is 7.99. The number of benzene rings is 1. The second kappa shape index (κ2) is 9.87. The quantitative estimate of drug-likeness (QED) is 0.573. The van der Waals surface area contributed by atoms with Crippen molar-refractivity contribution in [2.75, 3.05) is 25.0 Å². The van der Waals surface area contributed by atoms with E-state index in [4.69, 9.17) is 4.74 Å². The van der Waals surface area contributed by atoms with Gasteiger partial charge in [-0.3, -0.25) is 14.5 Å². The number of nitrogens with one attached hydrogen (secondary N) is 1. The van der Waals surface area contributed by atoms with E-state index in [2.05, 4.69) is 5.32 Å². The number of thioether (sulfide) groups is 1. The summed E-state index contributed by atoms with van der Waals surface area (Å²) in [6, 6.07) is 5.91. The largest absolute Gasteiger partial charge is 0.466 e. The average Bonchev–Trinajstić information content (AvgIpc) is 2.62. The lowest BCUT2D eigenvalue weighted by atomic mass is 9.97. The number of amides is 1. The second-order valence-corrected chi connectivity index (χ2v) is 7.22. The normalized spacial score (nSPS) is 19.2. The van der Waals surface area contributed by atoms with Gasteiger partial charge in [-0.2, -0.15) is 8.78 Å². The summed E-state index contributed by atoms with van der Waals surface area (Å²) < 4.78 is 29.8. The molecule has 1 aromatic carbocycles. The zero-order valence-electron chi connectivity index (χ0n) is 14.9. The molecule has 0 bridgehead atoms. The average molecular weight is 386 g/mol. The van der Waals surface area contributed by atoms with Gasteiger partial charge in [0.2, 0.25) is 5.91 Å². The van der Waals surface area contributed by atoms with Crippen molar-refractivity contribution in [2.45, 2.75) is 43.4 Å². The lowest BCUT2D eigenvalue weighted by Crippen LogP contribution is -2.48. The number of nitrogens with zero attached hydrogens (tertiary/aromatic N) is 1. The van der Waals surface area contributed by atoms with Gasteiger partial charge in [-0.05, 0) is 57.5 Å². The Hall–Kier alpha value is -1.67. The Labute approximate surface area is 156 Å². The van der Waals surface area contributed by atoms with Crippen molar-refractivity contribution in [3.05, 3.63) is 24.3 Å². The third kappa shape index (κ3) is 5.95. The number of rotatable bonds is 7. The van der Waals surface area contributed by atoms with Crippen molar-refractivity contribution in [2.24, 2.45) is 5.92 Å². The lowest BCUT2D eigenvalue weighted by Gasteiger charge is -2.35. The third-order valence-corrected chi connectivity index (χ3v) is 5.07. The molecule has 0 unspecified atom stereocenters. The van der Waals surface area contributed by atoms with Crippen molar-refractivity contribution in [3.8, 4) is 0 Å². The number of alkyl halides is 2. The van der Waals surface area contributed by atoms with Gasteiger partial charge in [0.25, 0.3) is 5.76 Å². The minimum absolute atomic E-state index is 0.191. The van der Waals surface area contributed by atoms with E-state index in [0.717, 1.165) is 19.4 Å². The standard InChI is InChI=1S/C18H24F2N2O3S/c1-3-25-17(24)13-5-4-10-22(11-13)12(2)16(23)21-14-6-8-15(9-7-14)26-18(19)20/h6-9,12-13,18H,3-5,10-11H2,1-2H3,(H,21,23)/t12-,13-/m1/s1. The molecule has 0 spiro atoms. The Morgan fingerprint density at radius 3 is 2.65 bits per heavy atom. The van der Waals surface area contributed by atoms with Crippen LogP contribution < -0.4 is 5.32 Å². The maximum absolute atomic E-state index is 12.5. The van der Waals surface area contributed by atoms with Crippen molar-refractivity contribution in [1.82, 2.24) is 4.90 Å². The van der Waals surface area contributed by atoms with Crippen LogP contribution in [0.25, 0.3) is 0 Å². The van der Waals surface area contributed by atoms with E-state index in [-0.39, 0.29) is 17.8 Å². The van der Waals surface area contributed by atoms with Crippen LogP contribution in [0, 0.1) is 5.92 Å². The summed E-state index contributed by atoms with van der Waals surface area (Å²) in [5.41, 5.74) is 0.555. The molecule has 0 saturated carbocycles. The third-order valence-electron chi connectivity index (χ3n) is 4.35. The van der Waals surface area contributed by atoms with E-state index in [0.29, 0.717) is 35.5 Å². The number of hydrogen-bond acceptors (Lipinski definition) is 5. The van der Waals surface area contributed by atoms with Crippen LogP contribution in [-0.4, -0.2) is 48.3 Å². The summed E-state index contributed by atoms with van der Waals surface area (Å²) in [4.78, 5) is 26.8. The molecule has 1 heterocycles. The van der Waals surface area contributed by atoms with Gasteiger partial charge in [-0.15, -0.1) is 0 Å². The minimum Gasteiger partial charge on any atom is -0.466 e. The van der Waals surface area contributed by atoms with Crippen LogP contribution in [0.5, 0.6) is 0 Å². The van der Waals surface area contributed by atoms with E-state index < -0.39 is 11.8 Å². The van der Waals surface area contributed by atoms with Crippen molar-refractivity contribution in [1.29, 1.82) is 0 Å². The first kappa shape index (κ1) is 20.6. The molecule has 26 heavy (non-hydrogen) atoms. The van der Waals surface area contributed by atoms with E-state index >= 15 is 0 Å². The van der Waals surface area contributed by atoms with E-state index in [1.54, 1.807) is 38.1 Å².